The van der Waals surface area contributed by atoms with E-state index in [0.29, 0.717) is 6.54 Å². The monoisotopic (exact) mass is 453 g/mol. The highest BCUT2D eigenvalue weighted by Crippen LogP contribution is 2.27. The summed E-state index contributed by atoms with van der Waals surface area (Å²) < 4.78 is 5.81. The van der Waals surface area contributed by atoms with Gasteiger partial charge in [-0.2, -0.15) is 13.5 Å². The first kappa shape index (κ1) is 22.7. The molecule has 0 amide bonds. The fourth-order valence-corrected chi connectivity index (χ4v) is 4.11. The summed E-state index contributed by atoms with van der Waals surface area (Å²) in [6, 6.07) is 10.7. The van der Waals surface area contributed by atoms with E-state index in [9.17, 15) is 0 Å². The first-order chi connectivity index (χ1) is 15.3. The molecular formula is C23H31N7OS. The summed E-state index contributed by atoms with van der Waals surface area (Å²) in [5, 5.41) is 6.80. The number of ether oxygens (including phenoxy) is 1. The summed E-state index contributed by atoms with van der Waals surface area (Å²) in [5.41, 5.74) is 4.84. The number of piperazine rings is 1. The average molecular weight is 454 g/mol. The van der Waals surface area contributed by atoms with Crippen LogP contribution in [0.5, 0.6) is 0 Å². The van der Waals surface area contributed by atoms with Gasteiger partial charge in [0.2, 0.25) is 0 Å². The van der Waals surface area contributed by atoms with E-state index < -0.39 is 0 Å². The number of hydrogen-bond donors (Lipinski definition) is 2. The molecule has 0 aliphatic carbocycles. The van der Waals surface area contributed by atoms with Crippen LogP contribution in [0.2, 0.25) is 0 Å². The Morgan fingerprint density at radius 2 is 1.88 bits per heavy atom. The molecule has 0 bridgehead atoms. The van der Waals surface area contributed by atoms with Crippen LogP contribution in [0.4, 0.5) is 11.5 Å². The number of morpholine rings is 1. The van der Waals surface area contributed by atoms with Crippen molar-refractivity contribution in [2.24, 2.45) is 0 Å². The van der Waals surface area contributed by atoms with Crippen LogP contribution in [-0.2, 0) is 4.74 Å². The van der Waals surface area contributed by atoms with Gasteiger partial charge in [-0.1, -0.05) is 12.1 Å². The van der Waals surface area contributed by atoms with E-state index in [1.165, 1.54) is 5.69 Å². The number of pyridine rings is 1. The van der Waals surface area contributed by atoms with Gasteiger partial charge < -0.3 is 25.2 Å². The lowest BCUT2D eigenvalue weighted by atomic mass is 10.1. The van der Waals surface area contributed by atoms with E-state index in [4.69, 9.17) is 9.72 Å². The van der Waals surface area contributed by atoms with Crippen molar-refractivity contribution in [3.05, 3.63) is 42.7 Å². The number of benzene rings is 1. The fraction of sp³-hybridized carbons (Fsp3) is 0.435. The average Bonchev–Trinajstić information content (AvgIpc) is 2.83. The van der Waals surface area contributed by atoms with Gasteiger partial charge in [0.25, 0.3) is 0 Å². The molecule has 2 fully saturated rings. The van der Waals surface area contributed by atoms with Crippen molar-refractivity contribution in [2.75, 3.05) is 69.7 Å². The number of rotatable bonds is 5. The van der Waals surface area contributed by atoms with Crippen molar-refractivity contribution >= 4 is 36.0 Å². The van der Waals surface area contributed by atoms with Crippen LogP contribution >= 0.6 is 13.5 Å². The van der Waals surface area contributed by atoms with Crippen LogP contribution in [0, 0.1) is 0 Å². The Balaban J connectivity index is 0.00000245. The smallest absolute Gasteiger partial charge is 0.154 e. The number of nitrogens with zero attached hydrogens (tertiary/aromatic N) is 5. The molecular weight excluding hydrogens is 422 g/mol. The van der Waals surface area contributed by atoms with Gasteiger partial charge in [0.1, 0.15) is 5.52 Å². The number of anilines is 2. The standard InChI is InChI=1S/C23H29N7O.H2S/c1-29-9-11-30(12-10-29)18-4-2-17(3-5-18)20-14-21-22(26-7-6-25-21)23(28-20)27-16-19-15-24-8-13-31-19;/h2-7,14,19,24H,8-13,15-16H2,1H3,(H,27,28);1H2/t19-;/m0./s1. The number of aromatic nitrogens is 3. The van der Waals surface area contributed by atoms with Crippen LogP contribution in [0.3, 0.4) is 0 Å². The Hall–Kier alpha value is -2.46. The molecule has 0 unspecified atom stereocenters. The Bertz CT molecular complexity index is 1020. The highest BCUT2D eigenvalue weighted by atomic mass is 32.1. The largest absolute Gasteiger partial charge is 0.374 e. The molecule has 170 valence electrons. The van der Waals surface area contributed by atoms with E-state index in [1.807, 2.05) is 6.07 Å². The van der Waals surface area contributed by atoms with Crippen LogP contribution in [0.1, 0.15) is 0 Å². The van der Waals surface area contributed by atoms with Gasteiger partial charge in [-0.25, -0.2) is 9.97 Å². The van der Waals surface area contributed by atoms with Crippen molar-refractivity contribution in [3.8, 4) is 11.3 Å². The molecule has 5 rings (SSSR count). The molecule has 2 N–H and O–H groups in total. The lowest BCUT2D eigenvalue weighted by molar-refractivity contribution is 0.0372. The van der Waals surface area contributed by atoms with E-state index >= 15 is 0 Å². The minimum absolute atomic E-state index is 0. The Morgan fingerprint density at radius 3 is 2.62 bits per heavy atom. The number of hydrogen-bond acceptors (Lipinski definition) is 8. The molecule has 0 saturated carbocycles. The number of likely N-dealkylation sites (N-methyl/N-ethyl adjacent to an activating group) is 1. The molecule has 2 aliphatic rings. The molecule has 4 heterocycles. The van der Waals surface area contributed by atoms with Crippen LogP contribution in [-0.4, -0.2) is 85.4 Å². The minimum Gasteiger partial charge on any atom is -0.374 e. The second-order valence-electron chi connectivity index (χ2n) is 8.20. The maximum Gasteiger partial charge on any atom is 0.154 e. The maximum absolute atomic E-state index is 5.81. The van der Waals surface area contributed by atoms with E-state index in [1.54, 1.807) is 12.4 Å². The molecule has 3 aromatic rings. The normalized spacial score (nSPS) is 19.5. The molecule has 9 heteroatoms. The summed E-state index contributed by atoms with van der Waals surface area (Å²) in [4.78, 5) is 18.7. The molecule has 2 aromatic heterocycles. The van der Waals surface area contributed by atoms with Crippen molar-refractivity contribution in [2.45, 2.75) is 6.10 Å². The summed E-state index contributed by atoms with van der Waals surface area (Å²) in [6.45, 7) is 7.48. The molecule has 8 nitrogen and oxygen atoms in total. The first-order valence-corrected chi connectivity index (χ1v) is 11.0. The summed E-state index contributed by atoms with van der Waals surface area (Å²) in [5.74, 6) is 0.748. The van der Waals surface area contributed by atoms with Crippen molar-refractivity contribution < 1.29 is 4.74 Å². The first-order valence-electron chi connectivity index (χ1n) is 11.0. The summed E-state index contributed by atoms with van der Waals surface area (Å²) >= 11 is 0. The highest BCUT2D eigenvalue weighted by Gasteiger charge is 2.17. The van der Waals surface area contributed by atoms with Crippen molar-refractivity contribution in [1.82, 2.24) is 25.2 Å². The molecule has 1 aromatic carbocycles. The molecule has 0 spiro atoms. The number of nitrogens with one attached hydrogen (secondary N) is 2. The Morgan fingerprint density at radius 1 is 1.09 bits per heavy atom. The van der Waals surface area contributed by atoms with Gasteiger partial charge in [0, 0.05) is 69.5 Å². The lowest BCUT2D eigenvalue weighted by Crippen LogP contribution is -2.44. The minimum atomic E-state index is 0. The Kier molecular flexibility index (Phi) is 7.41. The van der Waals surface area contributed by atoms with Gasteiger partial charge in [0.15, 0.2) is 5.82 Å². The van der Waals surface area contributed by atoms with E-state index in [-0.39, 0.29) is 19.6 Å². The number of fused-ring (bicyclic) bond motifs is 1. The van der Waals surface area contributed by atoms with Gasteiger partial charge in [0.05, 0.1) is 23.9 Å². The van der Waals surface area contributed by atoms with Crippen molar-refractivity contribution in [1.29, 1.82) is 0 Å². The molecule has 2 aliphatic heterocycles. The third-order valence-corrected chi connectivity index (χ3v) is 5.99. The van der Waals surface area contributed by atoms with Gasteiger partial charge in [-0.3, -0.25) is 4.98 Å². The maximum atomic E-state index is 5.81. The summed E-state index contributed by atoms with van der Waals surface area (Å²) in [7, 11) is 2.18. The van der Waals surface area contributed by atoms with E-state index in [2.05, 4.69) is 61.7 Å². The van der Waals surface area contributed by atoms with Gasteiger partial charge in [-0.05, 0) is 25.2 Å². The van der Waals surface area contributed by atoms with Gasteiger partial charge in [-0.15, -0.1) is 0 Å². The van der Waals surface area contributed by atoms with E-state index in [0.717, 1.165) is 74.0 Å². The zero-order valence-corrected chi connectivity index (χ0v) is 19.4. The van der Waals surface area contributed by atoms with Gasteiger partial charge >= 0.3 is 0 Å². The predicted molar refractivity (Wildman–Crippen MR) is 134 cm³/mol. The highest BCUT2D eigenvalue weighted by molar-refractivity contribution is 7.59. The lowest BCUT2D eigenvalue weighted by Gasteiger charge is -2.34. The second-order valence-corrected chi connectivity index (χ2v) is 8.20. The fourth-order valence-electron chi connectivity index (χ4n) is 4.11. The van der Waals surface area contributed by atoms with Crippen LogP contribution in [0.25, 0.3) is 22.3 Å². The van der Waals surface area contributed by atoms with Crippen molar-refractivity contribution in [3.63, 3.8) is 0 Å². The second kappa shape index (κ2) is 10.4. The molecule has 0 radical (unpaired) electrons. The third kappa shape index (κ3) is 5.12. The summed E-state index contributed by atoms with van der Waals surface area (Å²) in [6.07, 6.45) is 3.55. The molecule has 32 heavy (non-hydrogen) atoms. The van der Waals surface area contributed by atoms with Crippen LogP contribution < -0.4 is 15.5 Å². The zero-order chi connectivity index (χ0) is 21.0. The molecule has 1 atom stereocenters. The Labute approximate surface area is 195 Å². The third-order valence-electron chi connectivity index (χ3n) is 5.99. The quantitative estimate of drug-likeness (QED) is 0.607. The van der Waals surface area contributed by atoms with Crippen LogP contribution in [0.15, 0.2) is 42.7 Å². The SMILES string of the molecule is CN1CCN(c2ccc(-c3cc4nccnc4c(NC[C@@H]4CNCCO4)n3)cc2)CC1.S. The zero-order valence-electron chi connectivity index (χ0n) is 18.4. The predicted octanol–water partition coefficient (Wildman–Crippen LogP) is 1.96. The topological polar surface area (TPSA) is 78.4 Å². The molecule has 2 saturated heterocycles.